The molecular weight excluding hydrogens is 286 g/mol. The molecule has 0 atom stereocenters. The summed E-state index contributed by atoms with van der Waals surface area (Å²) in [4.78, 5) is 12.2. The number of ether oxygens (including phenoxy) is 1. The highest BCUT2D eigenvalue weighted by Gasteiger charge is 2.18. The molecule has 1 aromatic carbocycles. The lowest BCUT2D eigenvalue weighted by Gasteiger charge is -2.06. The molecule has 4 nitrogen and oxygen atoms in total. The number of rotatable bonds is 6. The van der Waals surface area contributed by atoms with E-state index in [1.807, 2.05) is 31.2 Å². The van der Waals surface area contributed by atoms with Gasteiger partial charge in [0.25, 0.3) is 0 Å². The number of aromatic carboxylic acids is 1. The maximum absolute atomic E-state index is 11.1. The van der Waals surface area contributed by atoms with Crippen LogP contribution >= 0.6 is 11.3 Å². The van der Waals surface area contributed by atoms with E-state index in [1.54, 1.807) is 0 Å². The summed E-state index contributed by atoms with van der Waals surface area (Å²) in [5.74, 6) is -0.154. The number of carbonyl (C=O) groups is 1. The van der Waals surface area contributed by atoms with Gasteiger partial charge in [-0.3, -0.25) is 0 Å². The average molecular weight is 305 g/mol. The summed E-state index contributed by atoms with van der Waals surface area (Å²) in [7, 11) is 0. The second-order valence-corrected chi connectivity index (χ2v) is 5.85. The zero-order valence-electron chi connectivity index (χ0n) is 12.2. The van der Waals surface area contributed by atoms with E-state index < -0.39 is 5.97 Å². The van der Waals surface area contributed by atoms with Crippen molar-refractivity contribution in [2.24, 2.45) is 0 Å². The molecule has 0 saturated heterocycles. The first-order valence-electron chi connectivity index (χ1n) is 6.90. The Labute approximate surface area is 128 Å². The third-order valence-electron chi connectivity index (χ3n) is 3.27. The van der Waals surface area contributed by atoms with Crippen LogP contribution in [0, 0.1) is 6.92 Å². The lowest BCUT2D eigenvalue weighted by molar-refractivity contribution is 0.0703. The fourth-order valence-electron chi connectivity index (χ4n) is 2.00. The highest BCUT2D eigenvalue weighted by molar-refractivity contribution is 7.18. The highest BCUT2D eigenvalue weighted by Crippen LogP contribution is 2.38. The van der Waals surface area contributed by atoms with E-state index >= 15 is 0 Å². The molecule has 0 amide bonds. The Morgan fingerprint density at radius 2 is 2.00 bits per heavy atom. The van der Waals surface area contributed by atoms with Gasteiger partial charge in [0.15, 0.2) is 0 Å². The SMILES string of the molecule is CCCCOc1ccc(-c2sc(C(=O)O)c(N)c2C)cc1. The molecule has 0 radical (unpaired) electrons. The largest absolute Gasteiger partial charge is 0.494 e. The van der Waals surface area contributed by atoms with Crippen molar-refractivity contribution in [3.05, 3.63) is 34.7 Å². The van der Waals surface area contributed by atoms with Crippen LogP contribution in [-0.4, -0.2) is 17.7 Å². The molecule has 0 aliphatic heterocycles. The molecule has 1 heterocycles. The minimum absolute atomic E-state index is 0.200. The van der Waals surface area contributed by atoms with Crippen LogP contribution in [-0.2, 0) is 0 Å². The monoisotopic (exact) mass is 305 g/mol. The first kappa shape index (κ1) is 15.4. The van der Waals surface area contributed by atoms with E-state index in [4.69, 9.17) is 15.6 Å². The molecule has 2 rings (SSSR count). The van der Waals surface area contributed by atoms with E-state index in [0.29, 0.717) is 12.3 Å². The van der Waals surface area contributed by atoms with Crippen LogP contribution in [0.4, 0.5) is 5.69 Å². The zero-order chi connectivity index (χ0) is 15.4. The molecule has 3 N–H and O–H groups in total. The summed E-state index contributed by atoms with van der Waals surface area (Å²) in [6, 6.07) is 7.68. The van der Waals surface area contributed by atoms with Crippen LogP contribution < -0.4 is 10.5 Å². The number of nitrogens with two attached hydrogens (primary N) is 1. The summed E-state index contributed by atoms with van der Waals surface area (Å²) >= 11 is 1.21. The van der Waals surface area contributed by atoms with E-state index in [1.165, 1.54) is 11.3 Å². The summed E-state index contributed by atoms with van der Waals surface area (Å²) in [6.45, 7) is 4.68. The number of nitrogen functional groups attached to an aromatic ring is 1. The quantitative estimate of drug-likeness (QED) is 0.785. The van der Waals surface area contributed by atoms with Crippen LogP contribution in [0.15, 0.2) is 24.3 Å². The Morgan fingerprint density at radius 1 is 1.33 bits per heavy atom. The van der Waals surface area contributed by atoms with Gasteiger partial charge in [0, 0.05) is 4.88 Å². The number of hydrogen-bond donors (Lipinski definition) is 2. The van der Waals surface area contributed by atoms with Gasteiger partial charge in [0.1, 0.15) is 10.6 Å². The fourth-order valence-corrected chi connectivity index (χ4v) is 3.07. The van der Waals surface area contributed by atoms with Gasteiger partial charge >= 0.3 is 5.97 Å². The summed E-state index contributed by atoms with van der Waals surface area (Å²) in [5, 5.41) is 9.13. The molecule has 0 saturated carbocycles. The molecule has 0 bridgehead atoms. The van der Waals surface area contributed by atoms with Gasteiger partial charge in [-0.2, -0.15) is 0 Å². The van der Waals surface area contributed by atoms with Crippen molar-refractivity contribution in [3.63, 3.8) is 0 Å². The maximum atomic E-state index is 11.1. The number of hydrogen-bond acceptors (Lipinski definition) is 4. The number of benzene rings is 1. The van der Waals surface area contributed by atoms with Gasteiger partial charge in [-0.1, -0.05) is 13.3 Å². The van der Waals surface area contributed by atoms with Gasteiger partial charge in [-0.25, -0.2) is 4.79 Å². The molecule has 21 heavy (non-hydrogen) atoms. The van der Waals surface area contributed by atoms with Gasteiger partial charge in [0.2, 0.25) is 0 Å². The Kier molecular flexibility index (Phi) is 4.85. The van der Waals surface area contributed by atoms with Gasteiger partial charge < -0.3 is 15.6 Å². The van der Waals surface area contributed by atoms with E-state index in [-0.39, 0.29) is 4.88 Å². The third kappa shape index (κ3) is 3.36. The van der Waals surface area contributed by atoms with Gasteiger partial charge in [-0.05, 0) is 48.7 Å². The zero-order valence-corrected chi connectivity index (χ0v) is 13.0. The van der Waals surface area contributed by atoms with Crippen LogP contribution in [0.2, 0.25) is 0 Å². The predicted octanol–water partition coefficient (Wildman–Crippen LogP) is 4.18. The Bertz CT molecular complexity index is 632. The van der Waals surface area contributed by atoms with Crippen LogP contribution in [0.5, 0.6) is 5.75 Å². The normalized spacial score (nSPS) is 10.6. The van der Waals surface area contributed by atoms with Gasteiger partial charge in [-0.15, -0.1) is 11.3 Å². The second-order valence-electron chi connectivity index (χ2n) is 4.83. The minimum atomic E-state index is -0.980. The van der Waals surface area contributed by atoms with Crippen molar-refractivity contribution in [2.45, 2.75) is 26.7 Å². The van der Waals surface area contributed by atoms with Crippen molar-refractivity contribution in [1.29, 1.82) is 0 Å². The predicted molar refractivity (Wildman–Crippen MR) is 86.3 cm³/mol. The molecule has 0 spiro atoms. The van der Waals surface area contributed by atoms with Crippen molar-refractivity contribution in [2.75, 3.05) is 12.3 Å². The Balaban J connectivity index is 2.23. The lowest BCUT2D eigenvalue weighted by atomic mass is 10.1. The molecule has 0 fully saturated rings. The molecule has 112 valence electrons. The molecule has 1 aromatic heterocycles. The topological polar surface area (TPSA) is 72.5 Å². The molecule has 0 unspecified atom stereocenters. The molecule has 0 aliphatic rings. The van der Waals surface area contributed by atoms with E-state index in [0.717, 1.165) is 34.6 Å². The number of carboxylic acid groups (broad SMARTS) is 1. The fraction of sp³-hybridized carbons (Fsp3) is 0.312. The molecule has 5 heteroatoms. The molecular formula is C16H19NO3S. The first-order chi connectivity index (χ1) is 10.0. The van der Waals surface area contributed by atoms with E-state index in [9.17, 15) is 4.79 Å². The van der Waals surface area contributed by atoms with Gasteiger partial charge in [0.05, 0.1) is 12.3 Å². The number of anilines is 1. The molecule has 2 aromatic rings. The van der Waals surface area contributed by atoms with Crippen molar-refractivity contribution >= 4 is 23.0 Å². The smallest absolute Gasteiger partial charge is 0.348 e. The Hall–Kier alpha value is -2.01. The van der Waals surface area contributed by atoms with Crippen molar-refractivity contribution in [3.8, 4) is 16.2 Å². The molecule has 0 aliphatic carbocycles. The summed E-state index contributed by atoms with van der Waals surface area (Å²) < 4.78 is 5.62. The second kappa shape index (κ2) is 6.63. The maximum Gasteiger partial charge on any atom is 0.348 e. The minimum Gasteiger partial charge on any atom is -0.494 e. The van der Waals surface area contributed by atoms with Crippen molar-refractivity contribution < 1.29 is 14.6 Å². The van der Waals surface area contributed by atoms with E-state index in [2.05, 4.69) is 6.92 Å². The summed E-state index contributed by atoms with van der Waals surface area (Å²) in [5.41, 5.74) is 7.98. The number of thiophene rings is 1. The summed E-state index contributed by atoms with van der Waals surface area (Å²) in [6.07, 6.45) is 2.13. The first-order valence-corrected chi connectivity index (χ1v) is 7.71. The van der Waals surface area contributed by atoms with Crippen LogP contribution in [0.3, 0.4) is 0 Å². The van der Waals surface area contributed by atoms with Crippen molar-refractivity contribution in [1.82, 2.24) is 0 Å². The highest BCUT2D eigenvalue weighted by atomic mass is 32.1. The lowest BCUT2D eigenvalue weighted by Crippen LogP contribution is -1.97. The number of carboxylic acids is 1. The standard InChI is InChI=1S/C16H19NO3S/c1-3-4-9-20-12-7-5-11(6-8-12)14-10(2)13(17)15(21-14)16(18)19/h5-8H,3-4,9,17H2,1-2H3,(H,18,19). The Morgan fingerprint density at radius 3 is 2.52 bits per heavy atom. The average Bonchev–Trinajstić information content (AvgIpc) is 2.77. The third-order valence-corrected chi connectivity index (χ3v) is 4.62. The number of unbranched alkanes of at least 4 members (excludes halogenated alkanes) is 1. The van der Waals surface area contributed by atoms with Crippen LogP contribution in [0.1, 0.15) is 35.0 Å². The van der Waals surface area contributed by atoms with Crippen LogP contribution in [0.25, 0.3) is 10.4 Å².